The van der Waals surface area contributed by atoms with Crippen LogP contribution in [0, 0.1) is 0 Å². The molecule has 0 spiro atoms. The van der Waals surface area contributed by atoms with Gasteiger partial charge < -0.3 is 19.5 Å². The van der Waals surface area contributed by atoms with Crippen LogP contribution in [0.25, 0.3) is 10.9 Å². The second-order valence-electron chi connectivity index (χ2n) is 8.05. The standard InChI is InChI=1S/C22H31N3O2/c1-24-11-6-7-18(24)10-14-27-19-8-9-20-17(15-19)16-21(23-20)22(26)25-12-4-2-3-5-13-25/h8-9,15-16,18,23H,2-7,10-14H2,1H3. The fourth-order valence-electron chi connectivity index (χ4n) is 4.42. The van der Waals surface area contributed by atoms with Crippen molar-refractivity contribution in [2.75, 3.05) is 33.3 Å². The second kappa shape index (κ2) is 8.34. The summed E-state index contributed by atoms with van der Waals surface area (Å²) in [5.74, 6) is 1.01. The van der Waals surface area contributed by atoms with Crippen molar-refractivity contribution >= 4 is 16.8 Å². The van der Waals surface area contributed by atoms with Gasteiger partial charge in [0.1, 0.15) is 11.4 Å². The molecule has 0 radical (unpaired) electrons. The van der Waals surface area contributed by atoms with Crippen LogP contribution in [0.2, 0.25) is 0 Å². The Kier molecular flexibility index (Phi) is 5.67. The number of hydrogen-bond donors (Lipinski definition) is 1. The third kappa shape index (κ3) is 4.29. The normalized spacial score (nSPS) is 21.5. The quantitative estimate of drug-likeness (QED) is 0.865. The smallest absolute Gasteiger partial charge is 0.270 e. The van der Waals surface area contributed by atoms with Gasteiger partial charge in [0, 0.05) is 30.0 Å². The number of benzene rings is 1. The number of rotatable bonds is 5. The maximum atomic E-state index is 12.8. The fourth-order valence-corrected chi connectivity index (χ4v) is 4.42. The van der Waals surface area contributed by atoms with E-state index in [4.69, 9.17) is 4.74 Å². The van der Waals surface area contributed by atoms with E-state index in [1.807, 2.05) is 29.2 Å². The molecule has 1 unspecified atom stereocenters. The molecule has 3 heterocycles. The summed E-state index contributed by atoms with van der Waals surface area (Å²) in [5, 5.41) is 1.05. The molecule has 27 heavy (non-hydrogen) atoms. The molecule has 1 aromatic heterocycles. The van der Waals surface area contributed by atoms with E-state index < -0.39 is 0 Å². The minimum atomic E-state index is 0.125. The Morgan fingerprint density at radius 1 is 1.11 bits per heavy atom. The third-order valence-corrected chi connectivity index (χ3v) is 6.11. The average molecular weight is 370 g/mol. The highest BCUT2D eigenvalue weighted by Gasteiger charge is 2.21. The van der Waals surface area contributed by atoms with Crippen molar-refractivity contribution in [1.82, 2.24) is 14.8 Å². The maximum absolute atomic E-state index is 12.8. The molecule has 2 aliphatic rings. The summed E-state index contributed by atoms with van der Waals surface area (Å²) in [6.07, 6.45) is 8.32. The van der Waals surface area contributed by atoms with Crippen molar-refractivity contribution in [3.8, 4) is 5.75 Å². The van der Waals surface area contributed by atoms with Crippen LogP contribution in [0.15, 0.2) is 24.3 Å². The number of fused-ring (bicyclic) bond motifs is 1. The van der Waals surface area contributed by atoms with Crippen LogP contribution in [-0.4, -0.2) is 60.0 Å². The van der Waals surface area contributed by atoms with Gasteiger partial charge in [0.25, 0.3) is 5.91 Å². The Hall–Kier alpha value is -2.01. The molecule has 1 amide bonds. The van der Waals surface area contributed by atoms with Gasteiger partial charge in [-0.05, 0) is 70.0 Å². The number of nitrogens with one attached hydrogen (secondary N) is 1. The number of carbonyl (C=O) groups is 1. The van der Waals surface area contributed by atoms with E-state index in [2.05, 4.69) is 16.9 Å². The van der Waals surface area contributed by atoms with E-state index in [0.717, 1.165) is 55.6 Å². The zero-order chi connectivity index (χ0) is 18.6. The zero-order valence-electron chi connectivity index (χ0n) is 16.4. The first kappa shape index (κ1) is 18.4. The molecular weight excluding hydrogens is 338 g/mol. The molecule has 0 aliphatic carbocycles. The van der Waals surface area contributed by atoms with Gasteiger partial charge in [-0.1, -0.05) is 12.8 Å². The van der Waals surface area contributed by atoms with Crippen molar-refractivity contribution in [3.05, 3.63) is 30.0 Å². The number of hydrogen-bond acceptors (Lipinski definition) is 3. The summed E-state index contributed by atoms with van der Waals surface area (Å²) in [5.41, 5.74) is 1.69. The highest BCUT2D eigenvalue weighted by atomic mass is 16.5. The molecule has 2 aromatic rings. The summed E-state index contributed by atoms with van der Waals surface area (Å²) in [6, 6.07) is 8.69. The molecule has 2 aliphatic heterocycles. The Morgan fingerprint density at radius 2 is 1.93 bits per heavy atom. The molecule has 5 nitrogen and oxygen atoms in total. The van der Waals surface area contributed by atoms with E-state index in [1.165, 1.54) is 32.2 Å². The molecule has 1 atom stereocenters. The monoisotopic (exact) mass is 369 g/mol. The first-order valence-corrected chi connectivity index (χ1v) is 10.5. The van der Waals surface area contributed by atoms with Gasteiger partial charge in [0.05, 0.1) is 6.61 Å². The summed E-state index contributed by atoms with van der Waals surface area (Å²) >= 11 is 0. The molecule has 2 fully saturated rings. The van der Waals surface area contributed by atoms with Crippen molar-refractivity contribution in [3.63, 3.8) is 0 Å². The van der Waals surface area contributed by atoms with Crippen LogP contribution < -0.4 is 4.74 Å². The predicted molar refractivity (Wildman–Crippen MR) is 108 cm³/mol. The first-order chi connectivity index (χ1) is 13.2. The van der Waals surface area contributed by atoms with E-state index in [9.17, 15) is 4.79 Å². The van der Waals surface area contributed by atoms with Crippen LogP contribution in [-0.2, 0) is 0 Å². The van der Waals surface area contributed by atoms with E-state index in [-0.39, 0.29) is 5.91 Å². The lowest BCUT2D eigenvalue weighted by molar-refractivity contribution is 0.0756. The molecule has 1 aromatic carbocycles. The molecule has 146 valence electrons. The SMILES string of the molecule is CN1CCCC1CCOc1ccc2[nH]c(C(=O)N3CCCCCC3)cc2c1. The number of carbonyl (C=O) groups excluding carboxylic acids is 1. The Morgan fingerprint density at radius 3 is 2.67 bits per heavy atom. The summed E-state index contributed by atoms with van der Waals surface area (Å²) in [7, 11) is 2.20. The van der Waals surface area contributed by atoms with Crippen LogP contribution in [0.1, 0.15) is 55.4 Å². The van der Waals surface area contributed by atoms with Crippen LogP contribution in [0.5, 0.6) is 5.75 Å². The lowest BCUT2D eigenvalue weighted by Crippen LogP contribution is -2.32. The molecular formula is C22H31N3O2. The van der Waals surface area contributed by atoms with E-state index >= 15 is 0 Å². The minimum absolute atomic E-state index is 0.125. The van der Waals surface area contributed by atoms with Gasteiger partial charge in [-0.25, -0.2) is 0 Å². The maximum Gasteiger partial charge on any atom is 0.270 e. The molecule has 0 bridgehead atoms. The molecule has 0 saturated carbocycles. The largest absolute Gasteiger partial charge is 0.494 e. The number of amides is 1. The van der Waals surface area contributed by atoms with Gasteiger partial charge in [-0.15, -0.1) is 0 Å². The van der Waals surface area contributed by atoms with Gasteiger partial charge in [0.15, 0.2) is 0 Å². The number of likely N-dealkylation sites (tertiary alicyclic amines) is 2. The van der Waals surface area contributed by atoms with Gasteiger partial charge >= 0.3 is 0 Å². The molecule has 1 N–H and O–H groups in total. The zero-order valence-corrected chi connectivity index (χ0v) is 16.4. The third-order valence-electron chi connectivity index (χ3n) is 6.11. The second-order valence-corrected chi connectivity index (χ2v) is 8.05. The number of aromatic nitrogens is 1. The number of nitrogens with zero attached hydrogens (tertiary/aromatic N) is 2. The van der Waals surface area contributed by atoms with Gasteiger partial charge in [0.2, 0.25) is 0 Å². The molecule has 5 heteroatoms. The highest BCUT2D eigenvalue weighted by Crippen LogP contribution is 2.24. The summed E-state index contributed by atoms with van der Waals surface area (Å²) < 4.78 is 5.99. The Bertz CT molecular complexity index is 777. The van der Waals surface area contributed by atoms with E-state index in [0.29, 0.717) is 11.7 Å². The summed E-state index contributed by atoms with van der Waals surface area (Å²) in [4.78, 5) is 20.5. The number of aromatic amines is 1. The van der Waals surface area contributed by atoms with Crippen molar-refractivity contribution < 1.29 is 9.53 Å². The topological polar surface area (TPSA) is 48.6 Å². The summed E-state index contributed by atoms with van der Waals surface area (Å²) in [6.45, 7) is 3.69. The average Bonchev–Trinajstić information content (AvgIpc) is 3.17. The van der Waals surface area contributed by atoms with Crippen LogP contribution in [0.3, 0.4) is 0 Å². The molecule has 2 saturated heterocycles. The number of ether oxygens (including phenoxy) is 1. The van der Waals surface area contributed by atoms with Crippen molar-refractivity contribution in [2.24, 2.45) is 0 Å². The van der Waals surface area contributed by atoms with Crippen molar-refractivity contribution in [2.45, 2.75) is 51.0 Å². The highest BCUT2D eigenvalue weighted by molar-refractivity contribution is 5.98. The van der Waals surface area contributed by atoms with E-state index in [1.54, 1.807) is 0 Å². The Balaban J connectivity index is 1.39. The van der Waals surface area contributed by atoms with Crippen LogP contribution >= 0.6 is 0 Å². The van der Waals surface area contributed by atoms with Gasteiger partial charge in [-0.3, -0.25) is 4.79 Å². The lowest BCUT2D eigenvalue weighted by Gasteiger charge is -2.19. The van der Waals surface area contributed by atoms with Crippen LogP contribution in [0.4, 0.5) is 0 Å². The minimum Gasteiger partial charge on any atom is -0.494 e. The predicted octanol–water partition coefficient (Wildman–Crippen LogP) is 4.05. The van der Waals surface area contributed by atoms with Gasteiger partial charge in [-0.2, -0.15) is 0 Å². The lowest BCUT2D eigenvalue weighted by atomic mass is 10.1. The van der Waals surface area contributed by atoms with Crippen molar-refractivity contribution in [1.29, 1.82) is 0 Å². The number of H-pyrrole nitrogens is 1. The first-order valence-electron chi connectivity index (χ1n) is 10.5. The fraction of sp³-hybridized carbons (Fsp3) is 0.591. The molecule has 4 rings (SSSR count). The Labute approximate surface area is 161 Å².